The van der Waals surface area contributed by atoms with Crippen LogP contribution >= 0.6 is 0 Å². The first-order valence-electron chi connectivity index (χ1n) is 3.51. The first-order valence-corrected chi connectivity index (χ1v) is 3.51. The minimum Gasteiger partial charge on any atom is -0.392 e. The van der Waals surface area contributed by atoms with Crippen LogP contribution in [0.2, 0.25) is 0 Å². The highest BCUT2D eigenvalue weighted by Gasteiger charge is 2.01. The molecule has 0 unspecified atom stereocenters. The van der Waals surface area contributed by atoms with Crippen molar-refractivity contribution >= 4 is 0 Å². The van der Waals surface area contributed by atoms with Gasteiger partial charge in [0.05, 0.1) is 6.61 Å². The average molecular weight is 154 g/mol. The summed E-state index contributed by atoms with van der Waals surface area (Å²) in [4.78, 5) is 0. The van der Waals surface area contributed by atoms with E-state index < -0.39 is 0 Å². The number of hydrogen-bond acceptors (Lipinski definition) is 1. The van der Waals surface area contributed by atoms with Crippen LogP contribution in [-0.2, 0) is 6.61 Å². The maximum Gasteiger partial charge on any atom is 0.126 e. The SMILES string of the molecule is Cc1cc(CO)cc(F)c1C. The van der Waals surface area contributed by atoms with E-state index in [1.807, 2.05) is 6.92 Å². The van der Waals surface area contributed by atoms with Gasteiger partial charge in [0.25, 0.3) is 0 Å². The molecule has 1 aromatic rings. The lowest BCUT2D eigenvalue weighted by Crippen LogP contribution is -1.91. The molecule has 0 aromatic heterocycles. The van der Waals surface area contributed by atoms with Crippen molar-refractivity contribution in [2.24, 2.45) is 0 Å². The van der Waals surface area contributed by atoms with Gasteiger partial charge in [0.1, 0.15) is 5.82 Å². The summed E-state index contributed by atoms with van der Waals surface area (Å²) >= 11 is 0. The maximum absolute atomic E-state index is 12.9. The molecule has 1 rings (SSSR count). The molecule has 0 heterocycles. The van der Waals surface area contributed by atoms with Crippen molar-refractivity contribution in [1.82, 2.24) is 0 Å². The van der Waals surface area contributed by atoms with E-state index in [9.17, 15) is 4.39 Å². The Morgan fingerprint density at radius 3 is 2.45 bits per heavy atom. The molecule has 1 nitrogen and oxygen atoms in total. The number of hydrogen-bond donors (Lipinski definition) is 1. The topological polar surface area (TPSA) is 20.2 Å². The second-order valence-electron chi connectivity index (χ2n) is 2.68. The molecule has 0 spiro atoms. The fourth-order valence-electron chi connectivity index (χ4n) is 0.979. The van der Waals surface area contributed by atoms with Gasteiger partial charge in [-0.1, -0.05) is 6.07 Å². The summed E-state index contributed by atoms with van der Waals surface area (Å²) in [5.41, 5.74) is 2.17. The zero-order valence-corrected chi connectivity index (χ0v) is 6.69. The smallest absolute Gasteiger partial charge is 0.126 e. The second kappa shape index (κ2) is 3.01. The van der Waals surface area contributed by atoms with E-state index in [0.717, 1.165) is 5.56 Å². The van der Waals surface area contributed by atoms with Gasteiger partial charge in [-0.05, 0) is 36.6 Å². The van der Waals surface area contributed by atoms with Crippen LogP contribution in [0.3, 0.4) is 0 Å². The standard InChI is InChI=1S/C9H11FO/c1-6-3-8(5-11)4-9(10)7(6)2/h3-4,11H,5H2,1-2H3. The molecule has 0 aliphatic rings. The fraction of sp³-hybridized carbons (Fsp3) is 0.333. The maximum atomic E-state index is 12.9. The minimum absolute atomic E-state index is 0.0992. The Bertz CT molecular complexity index is 245. The molecular formula is C9H11FO. The van der Waals surface area contributed by atoms with Crippen molar-refractivity contribution in [1.29, 1.82) is 0 Å². The molecule has 1 aromatic carbocycles. The van der Waals surface area contributed by atoms with Crippen LogP contribution in [-0.4, -0.2) is 5.11 Å². The molecule has 0 fully saturated rings. The third-order valence-corrected chi connectivity index (χ3v) is 1.85. The van der Waals surface area contributed by atoms with Gasteiger partial charge in [0.15, 0.2) is 0 Å². The number of aliphatic hydroxyl groups is 1. The van der Waals surface area contributed by atoms with Crippen LogP contribution in [0, 0.1) is 19.7 Å². The van der Waals surface area contributed by atoms with E-state index in [2.05, 4.69) is 0 Å². The third-order valence-electron chi connectivity index (χ3n) is 1.85. The van der Waals surface area contributed by atoms with Crippen molar-refractivity contribution in [3.63, 3.8) is 0 Å². The largest absolute Gasteiger partial charge is 0.392 e. The summed E-state index contributed by atoms with van der Waals surface area (Å²) in [5, 5.41) is 8.71. The number of aliphatic hydroxyl groups excluding tert-OH is 1. The van der Waals surface area contributed by atoms with E-state index in [-0.39, 0.29) is 12.4 Å². The molecule has 0 saturated heterocycles. The lowest BCUT2D eigenvalue weighted by atomic mass is 10.1. The normalized spacial score (nSPS) is 10.2. The van der Waals surface area contributed by atoms with Gasteiger partial charge >= 0.3 is 0 Å². The average Bonchev–Trinajstić information content (AvgIpc) is 1.99. The number of halogens is 1. The molecule has 11 heavy (non-hydrogen) atoms. The minimum atomic E-state index is -0.242. The lowest BCUT2D eigenvalue weighted by molar-refractivity contribution is 0.281. The number of benzene rings is 1. The predicted octanol–water partition coefficient (Wildman–Crippen LogP) is 1.93. The Kier molecular flexibility index (Phi) is 2.25. The Hall–Kier alpha value is -0.890. The highest BCUT2D eigenvalue weighted by atomic mass is 19.1. The van der Waals surface area contributed by atoms with Crippen molar-refractivity contribution in [2.45, 2.75) is 20.5 Å². The Balaban J connectivity index is 3.21. The van der Waals surface area contributed by atoms with E-state index in [1.165, 1.54) is 6.07 Å². The molecular weight excluding hydrogens is 143 g/mol. The molecule has 0 aliphatic heterocycles. The highest BCUT2D eigenvalue weighted by molar-refractivity contribution is 5.30. The van der Waals surface area contributed by atoms with Gasteiger partial charge in [-0.25, -0.2) is 4.39 Å². The Morgan fingerprint density at radius 1 is 1.36 bits per heavy atom. The van der Waals surface area contributed by atoms with Crippen molar-refractivity contribution in [3.8, 4) is 0 Å². The molecule has 0 radical (unpaired) electrons. The first kappa shape index (κ1) is 8.21. The predicted molar refractivity (Wildman–Crippen MR) is 41.8 cm³/mol. The van der Waals surface area contributed by atoms with Gasteiger partial charge in [0, 0.05) is 0 Å². The summed E-state index contributed by atoms with van der Waals surface area (Å²) in [6, 6.07) is 3.15. The zero-order chi connectivity index (χ0) is 8.43. The van der Waals surface area contributed by atoms with E-state index in [0.29, 0.717) is 11.1 Å². The van der Waals surface area contributed by atoms with Gasteiger partial charge in [0.2, 0.25) is 0 Å². The van der Waals surface area contributed by atoms with Crippen LogP contribution in [0.25, 0.3) is 0 Å². The van der Waals surface area contributed by atoms with E-state index >= 15 is 0 Å². The summed E-state index contributed by atoms with van der Waals surface area (Å²) < 4.78 is 12.9. The zero-order valence-electron chi connectivity index (χ0n) is 6.69. The van der Waals surface area contributed by atoms with Crippen molar-refractivity contribution in [3.05, 3.63) is 34.6 Å². The summed E-state index contributed by atoms with van der Waals surface area (Å²) in [7, 11) is 0. The fourth-order valence-corrected chi connectivity index (χ4v) is 0.979. The van der Waals surface area contributed by atoms with Crippen LogP contribution in [0.15, 0.2) is 12.1 Å². The second-order valence-corrected chi connectivity index (χ2v) is 2.68. The molecule has 0 saturated carbocycles. The number of aryl methyl sites for hydroxylation is 1. The molecule has 60 valence electrons. The van der Waals surface area contributed by atoms with E-state index in [1.54, 1.807) is 13.0 Å². The van der Waals surface area contributed by atoms with Gasteiger partial charge in [-0.15, -0.1) is 0 Å². The van der Waals surface area contributed by atoms with Crippen molar-refractivity contribution in [2.75, 3.05) is 0 Å². The quantitative estimate of drug-likeness (QED) is 0.655. The molecule has 2 heteroatoms. The van der Waals surface area contributed by atoms with Crippen LogP contribution < -0.4 is 0 Å². The Labute approximate surface area is 65.5 Å². The van der Waals surface area contributed by atoms with Crippen LogP contribution in [0.1, 0.15) is 16.7 Å². The molecule has 1 N–H and O–H groups in total. The van der Waals surface area contributed by atoms with E-state index in [4.69, 9.17) is 5.11 Å². The molecule has 0 amide bonds. The van der Waals surface area contributed by atoms with Crippen molar-refractivity contribution < 1.29 is 9.50 Å². The first-order chi connectivity index (χ1) is 5.15. The monoisotopic (exact) mass is 154 g/mol. The Morgan fingerprint density at radius 2 is 2.00 bits per heavy atom. The summed E-state index contributed by atoms with van der Waals surface area (Å²) in [5.74, 6) is -0.242. The highest BCUT2D eigenvalue weighted by Crippen LogP contribution is 2.14. The van der Waals surface area contributed by atoms with Crippen LogP contribution in [0.4, 0.5) is 4.39 Å². The van der Waals surface area contributed by atoms with Gasteiger partial charge in [-0.3, -0.25) is 0 Å². The number of rotatable bonds is 1. The summed E-state index contributed by atoms with van der Waals surface area (Å²) in [6.45, 7) is 3.46. The third kappa shape index (κ3) is 1.57. The van der Waals surface area contributed by atoms with Gasteiger partial charge in [-0.2, -0.15) is 0 Å². The van der Waals surface area contributed by atoms with Crippen LogP contribution in [0.5, 0.6) is 0 Å². The molecule has 0 aliphatic carbocycles. The lowest BCUT2D eigenvalue weighted by Gasteiger charge is -2.03. The summed E-state index contributed by atoms with van der Waals surface area (Å²) in [6.07, 6.45) is 0. The molecule has 0 atom stereocenters. The van der Waals surface area contributed by atoms with Gasteiger partial charge < -0.3 is 5.11 Å². The molecule has 0 bridgehead atoms.